The van der Waals surface area contributed by atoms with Gasteiger partial charge in [-0.1, -0.05) is 6.42 Å². The molecule has 0 amide bonds. The van der Waals surface area contributed by atoms with Gasteiger partial charge in [-0.15, -0.1) is 0 Å². The van der Waals surface area contributed by atoms with Gasteiger partial charge in [0.15, 0.2) is 5.82 Å². The predicted molar refractivity (Wildman–Crippen MR) is 82.8 cm³/mol. The highest BCUT2D eigenvalue weighted by atomic mass is 16.5. The molecule has 6 nitrogen and oxygen atoms in total. The van der Waals surface area contributed by atoms with Crippen molar-refractivity contribution in [1.29, 1.82) is 0 Å². The van der Waals surface area contributed by atoms with Crippen molar-refractivity contribution in [1.82, 2.24) is 9.99 Å². The number of esters is 1. The maximum absolute atomic E-state index is 11.9. The van der Waals surface area contributed by atoms with E-state index in [1.165, 1.54) is 6.42 Å². The topological polar surface area (TPSA) is 80.5 Å². The lowest BCUT2D eigenvalue weighted by molar-refractivity contribution is 0.0527. The summed E-state index contributed by atoms with van der Waals surface area (Å²) in [5.74, 6) is 0.0985. The summed E-state index contributed by atoms with van der Waals surface area (Å²) >= 11 is 0. The van der Waals surface area contributed by atoms with Crippen LogP contribution in [0.2, 0.25) is 0 Å². The van der Waals surface area contributed by atoms with Crippen LogP contribution in [0.25, 0.3) is 0 Å². The zero-order valence-electron chi connectivity index (χ0n) is 12.9. The van der Waals surface area contributed by atoms with E-state index in [9.17, 15) is 4.79 Å². The quantitative estimate of drug-likeness (QED) is 0.830. The van der Waals surface area contributed by atoms with Crippen LogP contribution in [0.5, 0.6) is 0 Å². The van der Waals surface area contributed by atoms with Crippen LogP contribution in [-0.4, -0.2) is 34.7 Å². The number of rotatable bonds is 4. The van der Waals surface area contributed by atoms with Crippen LogP contribution in [0.1, 0.15) is 50.4 Å². The zero-order valence-corrected chi connectivity index (χ0v) is 12.9. The molecule has 2 unspecified atom stereocenters. The normalized spacial score (nSPS) is 22.8. The van der Waals surface area contributed by atoms with Gasteiger partial charge < -0.3 is 15.9 Å². The smallest absolute Gasteiger partial charge is 0.340 e. The Morgan fingerprint density at radius 2 is 2.14 bits per heavy atom. The van der Waals surface area contributed by atoms with Crippen LogP contribution in [0.4, 0.5) is 11.5 Å². The first-order valence-corrected chi connectivity index (χ1v) is 7.51. The summed E-state index contributed by atoms with van der Waals surface area (Å²) in [5.41, 5.74) is 10.0. The van der Waals surface area contributed by atoms with Crippen LogP contribution >= 0.6 is 0 Å². The lowest BCUT2D eigenvalue weighted by Gasteiger charge is -2.39. The van der Waals surface area contributed by atoms with E-state index in [1.54, 1.807) is 19.2 Å². The van der Waals surface area contributed by atoms with Crippen molar-refractivity contribution in [3.63, 3.8) is 0 Å². The molecular weight excluding hydrogens is 268 g/mol. The van der Waals surface area contributed by atoms with Crippen molar-refractivity contribution in [2.75, 3.05) is 17.8 Å². The number of anilines is 2. The molecule has 1 aliphatic heterocycles. The number of carbonyl (C=O) groups is 1. The molecule has 6 heteroatoms. The Bertz CT molecular complexity index is 496. The van der Waals surface area contributed by atoms with Gasteiger partial charge in [0, 0.05) is 18.3 Å². The lowest BCUT2D eigenvalue weighted by Crippen LogP contribution is -2.47. The van der Waals surface area contributed by atoms with E-state index in [4.69, 9.17) is 10.5 Å². The number of piperidine rings is 1. The predicted octanol–water partition coefficient (Wildman–Crippen LogP) is 2.43. The molecule has 1 saturated heterocycles. The third-order valence-electron chi connectivity index (χ3n) is 3.91. The van der Waals surface area contributed by atoms with Crippen molar-refractivity contribution in [2.24, 2.45) is 0 Å². The highest BCUT2D eigenvalue weighted by molar-refractivity contribution is 5.97. The second-order valence-electron chi connectivity index (χ2n) is 5.49. The second-order valence-corrected chi connectivity index (χ2v) is 5.49. The van der Waals surface area contributed by atoms with E-state index >= 15 is 0 Å². The summed E-state index contributed by atoms with van der Waals surface area (Å²) in [6.45, 7) is 6.44. The number of nitrogen functional groups attached to an aromatic ring is 1. The molecule has 0 saturated carbocycles. The number of carbonyl (C=O) groups excluding carboxylic acids is 1. The number of hydrogen-bond acceptors (Lipinski definition) is 6. The highest BCUT2D eigenvalue weighted by Crippen LogP contribution is 2.26. The minimum absolute atomic E-state index is 0.323. The van der Waals surface area contributed by atoms with E-state index in [-0.39, 0.29) is 0 Å². The van der Waals surface area contributed by atoms with Gasteiger partial charge in [0.25, 0.3) is 0 Å². The number of hydrogen-bond donors (Lipinski definition) is 2. The van der Waals surface area contributed by atoms with E-state index in [1.807, 2.05) is 0 Å². The fourth-order valence-corrected chi connectivity index (χ4v) is 2.71. The Balaban J connectivity index is 2.20. The fraction of sp³-hybridized carbons (Fsp3) is 0.600. The van der Waals surface area contributed by atoms with Crippen molar-refractivity contribution in [3.8, 4) is 0 Å². The van der Waals surface area contributed by atoms with Crippen molar-refractivity contribution >= 4 is 17.5 Å². The molecule has 0 bridgehead atoms. The number of hydrazine groups is 1. The average Bonchev–Trinajstić information content (AvgIpc) is 2.45. The molecule has 0 radical (unpaired) electrons. The van der Waals surface area contributed by atoms with Gasteiger partial charge in [-0.2, -0.15) is 0 Å². The molecule has 1 aromatic heterocycles. The standard InChI is InChI=1S/C15H24N4O2/c1-4-21-15(20)12-8-9-17-14(13(12)16)18-19-10(2)6-5-7-11(19)3/h8-11H,4-7,16H2,1-3H3,(H,17,18). The minimum Gasteiger partial charge on any atom is -0.462 e. The van der Waals surface area contributed by atoms with Gasteiger partial charge in [0.2, 0.25) is 0 Å². The molecule has 2 atom stereocenters. The van der Waals surface area contributed by atoms with E-state index in [2.05, 4.69) is 29.3 Å². The third kappa shape index (κ3) is 3.44. The molecule has 2 rings (SSSR count). The van der Waals surface area contributed by atoms with Gasteiger partial charge in [-0.25, -0.2) is 14.8 Å². The first-order chi connectivity index (χ1) is 10.0. The summed E-state index contributed by atoms with van der Waals surface area (Å²) in [6, 6.07) is 2.39. The number of aromatic nitrogens is 1. The lowest BCUT2D eigenvalue weighted by atomic mass is 10.00. The Morgan fingerprint density at radius 3 is 2.76 bits per heavy atom. The van der Waals surface area contributed by atoms with Gasteiger partial charge in [0.1, 0.15) is 0 Å². The molecule has 2 heterocycles. The molecular formula is C15H24N4O2. The number of nitrogens with zero attached hydrogens (tertiary/aromatic N) is 2. The summed E-state index contributed by atoms with van der Waals surface area (Å²) in [7, 11) is 0. The van der Waals surface area contributed by atoms with Gasteiger partial charge in [0.05, 0.1) is 17.9 Å². The number of nitrogens with one attached hydrogen (secondary N) is 1. The Morgan fingerprint density at radius 1 is 1.48 bits per heavy atom. The van der Waals surface area contributed by atoms with Gasteiger partial charge in [-0.3, -0.25) is 0 Å². The molecule has 0 aromatic carbocycles. The van der Waals surface area contributed by atoms with Gasteiger partial charge >= 0.3 is 5.97 Å². The second kappa shape index (κ2) is 6.76. The Kier molecular flexibility index (Phi) is 5.01. The van der Waals surface area contributed by atoms with Crippen LogP contribution < -0.4 is 11.2 Å². The maximum atomic E-state index is 11.9. The summed E-state index contributed by atoms with van der Waals surface area (Å²) in [5, 5.41) is 2.16. The van der Waals surface area contributed by atoms with E-state index in [0.717, 1.165) is 12.8 Å². The average molecular weight is 292 g/mol. The monoisotopic (exact) mass is 292 g/mol. The SMILES string of the molecule is CCOC(=O)c1ccnc(NN2C(C)CCCC2C)c1N. The van der Waals surface area contributed by atoms with Crippen LogP contribution in [-0.2, 0) is 4.74 Å². The first-order valence-electron chi connectivity index (χ1n) is 7.51. The third-order valence-corrected chi connectivity index (χ3v) is 3.91. The fourth-order valence-electron chi connectivity index (χ4n) is 2.71. The minimum atomic E-state index is -0.416. The number of ether oxygens (including phenoxy) is 1. The maximum Gasteiger partial charge on any atom is 0.340 e. The van der Waals surface area contributed by atoms with Crippen LogP contribution in [0, 0.1) is 0 Å². The molecule has 1 aliphatic rings. The molecule has 1 aromatic rings. The largest absolute Gasteiger partial charge is 0.462 e. The highest BCUT2D eigenvalue weighted by Gasteiger charge is 2.26. The van der Waals surface area contributed by atoms with E-state index < -0.39 is 5.97 Å². The Hall–Kier alpha value is -1.82. The van der Waals surface area contributed by atoms with Crippen LogP contribution in [0.15, 0.2) is 12.3 Å². The van der Waals surface area contributed by atoms with Crippen molar-refractivity contribution < 1.29 is 9.53 Å². The van der Waals surface area contributed by atoms with Gasteiger partial charge in [-0.05, 0) is 39.7 Å². The van der Waals surface area contributed by atoms with Crippen LogP contribution in [0.3, 0.4) is 0 Å². The van der Waals surface area contributed by atoms with Crippen molar-refractivity contribution in [3.05, 3.63) is 17.8 Å². The number of nitrogens with two attached hydrogens (primary N) is 1. The van der Waals surface area contributed by atoms with Crippen molar-refractivity contribution in [2.45, 2.75) is 52.1 Å². The van der Waals surface area contributed by atoms with E-state index in [0.29, 0.717) is 35.8 Å². The molecule has 21 heavy (non-hydrogen) atoms. The first kappa shape index (κ1) is 15.6. The molecule has 0 aliphatic carbocycles. The molecule has 1 fully saturated rings. The Labute approximate surface area is 125 Å². The molecule has 116 valence electrons. The molecule has 3 N–H and O–H groups in total. The summed E-state index contributed by atoms with van der Waals surface area (Å²) in [6.07, 6.45) is 5.07. The summed E-state index contributed by atoms with van der Waals surface area (Å²) in [4.78, 5) is 16.1. The molecule has 0 spiro atoms. The number of pyridine rings is 1. The summed E-state index contributed by atoms with van der Waals surface area (Å²) < 4.78 is 5.01. The zero-order chi connectivity index (χ0) is 15.4.